The second-order valence-corrected chi connectivity index (χ2v) is 7.86. The Balaban J connectivity index is 1.31. The zero-order valence-corrected chi connectivity index (χ0v) is 17.0. The van der Waals surface area contributed by atoms with Gasteiger partial charge in [0.2, 0.25) is 0 Å². The van der Waals surface area contributed by atoms with Gasteiger partial charge in [-0.05, 0) is 36.4 Å². The molecule has 0 fully saturated rings. The number of carbonyl (C=O) groups excluding carboxylic acids is 1. The molecular formula is C21H14ClN5O2S. The maximum Gasteiger partial charge on any atom is 0.321 e. The molecule has 0 radical (unpaired) electrons. The normalized spacial score (nSPS) is 11.2. The fraction of sp³-hybridized carbons (Fsp3) is 0.0476. The van der Waals surface area contributed by atoms with Crippen LogP contribution in [0.25, 0.3) is 21.9 Å². The number of imidazole rings is 1. The molecule has 2 aromatic carbocycles. The summed E-state index contributed by atoms with van der Waals surface area (Å²) in [6.45, 7) is 0. The molecule has 5 rings (SSSR count). The van der Waals surface area contributed by atoms with Crippen LogP contribution in [0.3, 0.4) is 0 Å². The number of hydrogen-bond acceptors (Lipinski definition) is 6. The number of ketones is 1. The van der Waals surface area contributed by atoms with Crippen molar-refractivity contribution in [3.63, 3.8) is 0 Å². The van der Waals surface area contributed by atoms with E-state index >= 15 is 0 Å². The molecule has 30 heavy (non-hydrogen) atoms. The van der Waals surface area contributed by atoms with Crippen molar-refractivity contribution in [3.05, 3.63) is 71.6 Å². The van der Waals surface area contributed by atoms with Crippen molar-refractivity contribution in [2.24, 2.45) is 0 Å². The van der Waals surface area contributed by atoms with Crippen LogP contribution in [0.2, 0.25) is 5.02 Å². The molecule has 0 spiro atoms. The summed E-state index contributed by atoms with van der Waals surface area (Å²) in [5, 5.41) is 2.14. The number of Topliss-reactive ketones (excluding diaryl/α,β-unsaturated/α-hetero) is 1. The standard InChI is InChI=1S/C21H14ClN5O2S/c22-12-2-5-16-18(8-12)27-21(26-16)30-11-19(28)15-10-25-17-9-13(3-4-14(15)17)29-20-23-6-1-7-24-20/h1-10,25H,11H2,(H,26,27). The highest BCUT2D eigenvalue weighted by Crippen LogP contribution is 2.28. The lowest BCUT2D eigenvalue weighted by Crippen LogP contribution is -2.01. The van der Waals surface area contributed by atoms with Crippen LogP contribution >= 0.6 is 23.4 Å². The zero-order chi connectivity index (χ0) is 20.5. The summed E-state index contributed by atoms with van der Waals surface area (Å²) >= 11 is 7.36. The SMILES string of the molecule is O=C(CSc1nc2cc(Cl)ccc2[nH]1)c1c[nH]c2cc(Oc3ncccn3)ccc12. The van der Waals surface area contributed by atoms with E-state index in [0.29, 0.717) is 21.5 Å². The maximum absolute atomic E-state index is 12.8. The minimum absolute atomic E-state index is 0.00444. The van der Waals surface area contributed by atoms with E-state index in [1.54, 1.807) is 42.9 Å². The van der Waals surface area contributed by atoms with Crippen LogP contribution in [0.4, 0.5) is 0 Å². The number of thioether (sulfide) groups is 1. The Morgan fingerprint density at radius 1 is 1.10 bits per heavy atom. The van der Waals surface area contributed by atoms with Gasteiger partial charge < -0.3 is 14.7 Å². The molecule has 0 aliphatic carbocycles. The Morgan fingerprint density at radius 2 is 1.97 bits per heavy atom. The number of carbonyl (C=O) groups is 1. The Hall–Kier alpha value is -3.36. The maximum atomic E-state index is 12.8. The predicted molar refractivity (Wildman–Crippen MR) is 117 cm³/mol. The first-order valence-corrected chi connectivity index (χ1v) is 10.4. The molecule has 9 heteroatoms. The Labute approximate surface area is 179 Å². The summed E-state index contributed by atoms with van der Waals surface area (Å²) in [5.74, 6) is 0.853. The number of fused-ring (bicyclic) bond motifs is 2. The molecule has 0 amide bonds. The highest BCUT2D eigenvalue weighted by atomic mass is 35.5. The number of benzene rings is 2. The van der Waals surface area contributed by atoms with Gasteiger partial charge >= 0.3 is 6.01 Å². The van der Waals surface area contributed by atoms with Crippen LogP contribution in [0.1, 0.15) is 10.4 Å². The molecular weight excluding hydrogens is 422 g/mol. The van der Waals surface area contributed by atoms with Crippen molar-refractivity contribution in [1.82, 2.24) is 24.9 Å². The number of nitrogens with one attached hydrogen (secondary N) is 2. The van der Waals surface area contributed by atoms with Gasteiger partial charge in [-0.1, -0.05) is 23.4 Å². The smallest absolute Gasteiger partial charge is 0.321 e. The molecule has 2 N–H and O–H groups in total. The predicted octanol–water partition coefficient (Wildman–Crippen LogP) is 5.25. The average molecular weight is 436 g/mol. The van der Waals surface area contributed by atoms with Gasteiger partial charge in [-0.3, -0.25) is 4.79 Å². The lowest BCUT2D eigenvalue weighted by molar-refractivity contribution is 0.102. The highest BCUT2D eigenvalue weighted by molar-refractivity contribution is 7.99. The molecule has 0 aliphatic heterocycles. The van der Waals surface area contributed by atoms with Gasteiger partial charge in [-0.2, -0.15) is 0 Å². The molecule has 5 aromatic rings. The fourth-order valence-electron chi connectivity index (χ4n) is 3.08. The van der Waals surface area contributed by atoms with Crippen LogP contribution in [-0.4, -0.2) is 36.5 Å². The van der Waals surface area contributed by atoms with Crippen molar-refractivity contribution < 1.29 is 9.53 Å². The van der Waals surface area contributed by atoms with Crippen LogP contribution in [-0.2, 0) is 0 Å². The molecule has 3 aromatic heterocycles. The lowest BCUT2D eigenvalue weighted by atomic mass is 10.1. The molecule has 0 saturated carbocycles. The van der Waals surface area contributed by atoms with Gasteiger partial charge in [-0.25, -0.2) is 15.0 Å². The lowest BCUT2D eigenvalue weighted by Gasteiger charge is -2.03. The summed E-state index contributed by atoms with van der Waals surface area (Å²) in [4.78, 5) is 31.7. The van der Waals surface area contributed by atoms with E-state index in [2.05, 4.69) is 24.9 Å². The number of hydrogen-bond donors (Lipinski definition) is 2. The number of nitrogens with zero attached hydrogens (tertiary/aromatic N) is 3. The minimum Gasteiger partial charge on any atom is -0.424 e. The zero-order valence-electron chi connectivity index (χ0n) is 15.4. The van der Waals surface area contributed by atoms with E-state index in [1.165, 1.54) is 11.8 Å². The van der Waals surface area contributed by atoms with Crippen molar-refractivity contribution in [1.29, 1.82) is 0 Å². The van der Waals surface area contributed by atoms with Gasteiger partial charge in [0, 0.05) is 46.1 Å². The van der Waals surface area contributed by atoms with E-state index in [9.17, 15) is 4.79 Å². The van der Waals surface area contributed by atoms with Crippen molar-refractivity contribution in [2.75, 3.05) is 5.75 Å². The molecule has 0 saturated heterocycles. The topological polar surface area (TPSA) is 96.5 Å². The molecule has 0 aliphatic rings. The second kappa shape index (κ2) is 7.81. The Morgan fingerprint density at radius 3 is 2.83 bits per heavy atom. The molecule has 7 nitrogen and oxygen atoms in total. The van der Waals surface area contributed by atoms with Gasteiger partial charge in [0.05, 0.1) is 16.8 Å². The highest BCUT2D eigenvalue weighted by Gasteiger charge is 2.15. The first-order chi connectivity index (χ1) is 14.7. The van der Waals surface area contributed by atoms with Crippen LogP contribution in [0.5, 0.6) is 11.8 Å². The summed E-state index contributed by atoms with van der Waals surface area (Å²) in [6.07, 6.45) is 4.94. The Bertz CT molecular complexity index is 1370. The van der Waals surface area contributed by atoms with E-state index < -0.39 is 0 Å². The number of H-pyrrole nitrogens is 2. The quantitative estimate of drug-likeness (QED) is 0.279. The molecule has 148 valence electrons. The fourth-order valence-corrected chi connectivity index (χ4v) is 4.01. The number of rotatable bonds is 6. The van der Waals surface area contributed by atoms with E-state index in [-0.39, 0.29) is 17.5 Å². The average Bonchev–Trinajstić information content (AvgIpc) is 3.36. The van der Waals surface area contributed by atoms with Crippen molar-refractivity contribution >= 4 is 51.1 Å². The van der Waals surface area contributed by atoms with E-state index in [0.717, 1.165) is 21.9 Å². The van der Waals surface area contributed by atoms with Crippen LogP contribution in [0.15, 0.2) is 66.2 Å². The third-order valence-corrected chi connectivity index (χ3v) is 5.58. The third kappa shape index (κ3) is 3.74. The number of aromatic nitrogens is 5. The Kier molecular flexibility index (Phi) is 4.86. The minimum atomic E-state index is 0.00444. The first kappa shape index (κ1) is 18.7. The number of ether oxygens (including phenoxy) is 1. The van der Waals surface area contributed by atoms with E-state index in [4.69, 9.17) is 16.3 Å². The summed E-state index contributed by atoms with van der Waals surface area (Å²) in [5.41, 5.74) is 3.09. The summed E-state index contributed by atoms with van der Waals surface area (Å²) in [6, 6.07) is 12.9. The van der Waals surface area contributed by atoms with Crippen molar-refractivity contribution in [2.45, 2.75) is 5.16 Å². The number of aromatic amines is 2. The van der Waals surface area contributed by atoms with Crippen LogP contribution < -0.4 is 4.74 Å². The third-order valence-electron chi connectivity index (χ3n) is 4.47. The monoisotopic (exact) mass is 435 g/mol. The van der Waals surface area contributed by atoms with Crippen molar-refractivity contribution in [3.8, 4) is 11.8 Å². The van der Waals surface area contributed by atoms with Gasteiger partial charge in [0.1, 0.15) is 5.75 Å². The first-order valence-electron chi connectivity index (χ1n) is 9.03. The molecule has 0 bridgehead atoms. The van der Waals surface area contributed by atoms with Crippen LogP contribution in [0, 0.1) is 0 Å². The second-order valence-electron chi connectivity index (χ2n) is 6.46. The van der Waals surface area contributed by atoms with E-state index in [1.807, 2.05) is 18.2 Å². The number of halogens is 1. The summed E-state index contributed by atoms with van der Waals surface area (Å²) < 4.78 is 5.65. The van der Waals surface area contributed by atoms with Gasteiger partial charge in [-0.15, -0.1) is 0 Å². The van der Waals surface area contributed by atoms with Gasteiger partial charge in [0.25, 0.3) is 0 Å². The molecule has 0 atom stereocenters. The summed E-state index contributed by atoms with van der Waals surface area (Å²) in [7, 11) is 0. The largest absolute Gasteiger partial charge is 0.424 e. The molecule has 3 heterocycles. The van der Waals surface area contributed by atoms with Gasteiger partial charge in [0.15, 0.2) is 10.9 Å². The molecule has 0 unspecified atom stereocenters.